The SMILES string of the molecule is C=C(c1ccccc1)c1nccn2c(C)c(C)nc12. The van der Waals surface area contributed by atoms with Crippen molar-refractivity contribution in [2.75, 3.05) is 0 Å². The third-order valence-electron chi connectivity index (χ3n) is 3.43. The van der Waals surface area contributed by atoms with Gasteiger partial charge in [-0.2, -0.15) is 0 Å². The number of aromatic nitrogens is 3. The Labute approximate surface area is 112 Å². The molecule has 19 heavy (non-hydrogen) atoms. The second kappa shape index (κ2) is 4.35. The molecule has 0 atom stereocenters. The Morgan fingerprint density at radius 1 is 1.16 bits per heavy atom. The third-order valence-corrected chi connectivity index (χ3v) is 3.43. The van der Waals surface area contributed by atoms with Crippen LogP contribution in [0.3, 0.4) is 0 Å². The summed E-state index contributed by atoms with van der Waals surface area (Å²) in [6.45, 7) is 8.24. The lowest BCUT2D eigenvalue weighted by Crippen LogP contribution is -1.97. The van der Waals surface area contributed by atoms with Crippen molar-refractivity contribution in [2.45, 2.75) is 13.8 Å². The van der Waals surface area contributed by atoms with E-state index in [4.69, 9.17) is 0 Å². The molecule has 0 saturated carbocycles. The first-order chi connectivity index (χ1) is 9.18. The summed E-state index contributed by atoms with van der Waals surface area (Å²) in [6.07, 6.45) is 3.73. The van der Waals surface area contributed by atoms with E-state index in [2.05, 4.69) is 27.9 Å². The molecule has 3 nitrogen and oxygen atoms in total. The van der Waals surface area contributed by atoms with Crippen molar-refractivity contribution in [3.8, 4) is 0 Å². The molecule has 0 aliphatic heterocycles. The maximum atomic E-state index is 4.60. The summed E-state index contributed by atoms with van der Waals surface area (Å²) in [6, 6.07) is 10.1. The van der Waals surface area contributed by atoms with Crippen LogP contribution in [0.4, 0.5) is 0 Å². The summed E-state index contributed by atoms with van der Waals surface area (Å²) in [5.74, 6) is 0. The molecule has 3 rings (SSSR count). The van der Waals surface area contributed by atoms with Crippen molar-refractivity contribution < 1.29 is 0 Å². The van der Waals surface area contributed by atoms with Crippen LogP contribution in [-0.2, 0) is 0 Å². The summed E-state index contributed by atoms with van der Waals surface area (Å²) in [7, 11) is 0. The molecule has 0 fully saturated rings. The Bertz CT molecular complexity index is 754. The monoisotopic (exact) mass is 249 g/mol. The standard InChI is InChI=1S/C16H15N3/c1-11(14-7-5-4-6-8-14)15-16-18-12(2)13(3)19(16)10-9-17-15/h4-10H,1H2,2-3H3. The fourth-order valence-electron chi connectivity index (χ4n) is 2.20. The normalized spacial score (nSPS) is 10.8. The molecule has 0 amide bonds. The summed E-state index contributed by atoms with van der Waals surface area (Å²) in [4.78, 5) is 9.05. The van der Waals surface area contributed by atoms with Crippen LogP contribution in [0.1, 0.15) is 22.6 Å². The van der Waals surface area contributed by atoms with E-state index < -0.39 is 0 Å². The summed E-state index contributed by atoms with van der Waals surface area (Å²) in [5.41, 5.74) is 5.84. The second-order valence-electron chi connectivity index (χ2n) is 4.60. The van der Waals surface area contributed by atoms with Crippen molar-refractivity contribution in [1.29, 1.82) is 0 Å². The minimum atomic E-state index is 0.838. The van der Waals surface area contributed by atoms with E-state index >= 15 is 0 Å². The Morgan fingerprint density at radius 3 is 2.63 bits per heavy atom. The predicted molar refractivity (Wildman–Crippen MR) is 77.0 cm³/mol. The fraction of sp³-hybridized carbons (Fsp3) is 0.125. The third kappa shape index (κ3) is 1.83. The lowest BCUT2D eigenvalue weighted by Gasteiger charge is -2.06. The van der Waals surface area contributed by atoms with E-state index in [0.717, 1.165) is 33.9 Å². The average Bonchev–Trinajstić information content (AvgIpc) is 2.75. The van der Waals surface area contributed by atoms with E-state index in [1.54, 1.807) is 6.20 Å². The van der Waals surface area contributed by atoms with Crippen LogP contribution in [0.2, 0.25) is 0 Å². The van der Waals surface area contributed by atoms with E-state index in [0.29, 0.717) is 0 Å². The van der Waals surface area contributed by atoms with Gasteiger partial charge in [-0.15, -0.1) is 0 Å². The van der Waals surface area contributed by atoms with Gasteiger partial charge in [0.25, 0.3) is 0 Å². The largest absolute Gasteiger partial charge is 0.301 e. The first kappa shape index (κ1) is 11.7. The highest BCUT2D eigenvalue weighted by Crippen LogP contribution is 2.24. The molecule has 0 unspecified atom stereocenters. The Morgan fingerprint density at radius 2 is 1.89 bits per heavy atom. The van der Waals surface area contributed by atoms with Crippen molar-refractivity contribution >= 4 is 11.2 Å². The molecule has 3 heteroatoms. The van der Waals surface area contributed by atoms with E-state index in [9.17, 15) is 0 Å². The second-order valence-corrected chi connectivity index (χ2v) is 4.60. The van der Waals surface area contributed by atoms with Crippen LogP contribution < -0.4 is 0 Å². The number of fused-ring (bicyclic) bond motifs is 1. The van der Waals surface area contributed by atoms with Crippen LogP contribution in [0.25, 0.3) is 11.2 Å². The lowest BCUT2D eigenvalue weighted by molar-refractivity contribution is 1.06. The number of imidazole rings is 1. The summed E-state index contributed by atoms with van der Waals surface area (Å²) >= 11 is 0. The molecule has 0 spiro atoms. The number of rotatable bonds is 2. The van der Waals surface area contributed by atoms with Crippen LogP contribution >= 0.6 is 0 Å². The number of hydrogen-bond donors (Lipinski definition) is 0. The molecule has 0 N–H and O–H groups in total. The Hall–Kier alpha value is -2.42. The minimum Gasteiger partial charge on any atom is -0.301 e. The van der Waals surface area contributed by atoms with E-state index in [-0.39, 0.29) is 0 Å². The molecule has 2 aromatic heterocycles. The Balaban J connectivity index is 2.21. The zero-order chi connectivity index (χ0) is 13.4. The van der Waals surface area contributed by atoms with Crippen LogP contribution in [0.5, 0.6) is 0 Å². The average molecular weight is 249 g/mol. The van der Waals surface area contributed by atoms with Gasteiger partial charge in [-0.1, -0.05) is 36.9 Å². The maximum Gasteiger partial charge on any atom is 0.163 e. The first-order valence-electron chi connectivity index (χ1n) is 6.23. The minimum absolute atomic E-state index is 0.838. The predicted octanol–water partition coefficient (Wildman–Crippen LogP) is 3.41. The number of nitrogens with zero attached hydrogens (tertiary/aromatic N) is 3. The lowest BCUT2D eigenvalue weighted by atomic mass is 10.0. The fourth-order valence-corrected chi connectivity index (χ4v) is 2.20. The van der Waals surface area contributed by atoms with Gasteiger partial charge in [0.05, 0.1) is 5.69 Å². The van der Waals surface area contributed by atoms with Crippen molar-refractivity contribution in [2.24, 2.45) is 0 Å². The van der Waals surface area contributed by atoms with Gasteiger partial charge in [0.1, 0.15) is 5.69 Å². The van der Waals surface area contributed by atoms with Crippen molar-refractivity contribution in [3.05, 3.63) is 71.9 Å². The van der Waals surface area contributed by atoms with Crippen LogP contribution in [-0.4, -0.2) is 14.4 Å². The number of benzene rings is 1. The molecule has 2 heterocycles. The van der Waals surface area contributed by atoms with Gasteiger partial charge in [-0.05, 0) is 19.4 Å². The van der Waals surface area contributed by atoms with Gasteiger partial charge in [0.2, 0.25) is 0 Å². The van der Waals surface area contributed by atoms with Crippen molar-refractivity contribution in [3.63, 3.8) is 0 Å². The highest BCUT2D eigenvalue weighted by Gasteiger charge is 2.12. The van der Waals surface area contributed by atoms with Gasteiger partial charge >= 0.3 is 0 Å². The number of hydrogen-bond acceptors (Lipinski definition) is 2. The first-order valence-corrected chi connectivity index (χ1v) is 6.23. The van der Waals surface area contributed by atoms with Gasteiger partial charge in [0.15, 0.2) is 5.65 Å². The zero-order valence-corrected chi connectivity index (χ0v) is 11.1. The molecular formula is C16H15N3. The van der Waals surface area contributed by atoms with Gasteiger partial charge in [0, 0.05) is 23.7 Å². The number of aryl methyl sites for hydroxylation is 2. The summed E-state index contributed by atoms with van der Waals surface area (Å²) < 4.78 is 2.06. The molecule has 1 aromatic carbocycles. The highest BCUT2D eigenvalue weighted by atomic mass is 15.0. The van der Waals surface area contributed by atoms with Crippen LogP contribution in [0.15, 0.2) is 49.3 Å². The van der Waals surface area contributed by atoms with Gasteiger partial charge in [-0.25, -0.2) is 4.98 Å². The summed E-state index contributed by atoms with van der Waals surface area (Å²) in [5, 5.41) is 0. The quantitative estimate of drug-likeness (QED) is 0.696. The Kier molecular flexibility index (Phi) is 2.67. The molecular weight excluding hydrogens is 234 g/mol. The zero-order valence-electron chi connectivity index (χ0n) is 11.1. The smallest absolute Gasteiger partial charge is 0.163 e. The molecule has 0 bridgehead atoms. The maximum absolute atomic E-state index is 4.60. The molecule has 94 valence electrons. The molecule has 0 saturated heterocycles. The van der Waals surface area contributed by atoms with Crippen LogP contribution in [0, 0.1) is 13.8 Å². The van der Waals surface area contributed by atoms with E-state index in [1.807, 2.05) is 43.5 Å². The van der Waals surface area contributed by atoms with Gasteiger partial charge < -0.3 is 4.40 Å². The van der Waals surface area contributed by atoms with E-state index in [1.165, 1.54) is 0 Å². The topological polar surface area (TPSA) is 30.2 Å². The van der Waals surface area contributed by atoms with Crippen molar-refractivity contribution in [1.82, 2.24) is 14.4 Å². The van der Waals surface area contributed by atoms with Gasteiger partial charge in [-0.3, -0.25) is 4.98 Å². The highest BCUT2D eigenvalue weighted by molar-refractivity contribution is 5.82. The molecule has 3 aromatic rings. The molecule has 0 radical (unpaired) electrons. The molecule has 0 aliphatic carbocycles. The molecule has 0 aliphatic rings.